The van der Waals surface area contributed by atoms with E-state index in [1.807, 2.05) is 0 Å². The second-order valence-electron chi connectivity index (χ2n) is 3.29. The predicted molar refractivity (Wildman–Crippen MR) is 66.5 cm³/mol. The highest BCUT2D eigenvalue weighted by Gasteiger charge is 2.18. The van der Waals surface area contributed by atoms with Crippen LogP contribution in [-0.2, 0) is 0 Å². The van der Waals surface area contributed by atoms with Gasteiger partial charge < -0.3 is 11.5 Å². The lowest BCUT2D eigenvalue weighted by atomic mass is 10.0. The first-order valence-corrected chi connectivity index (χ1v) is 5.46. The molecule has 0 aliphatic rings. The van der Waals surface area contributed by atoms with Crippen molar-refractivity contribution in [2.24, 2.45) is 11.5 Å². The van der Waals surface area contributed by atoms with E-state index < -0.39 is 17.7 Å². The van der Waals surface area contributed by atoms with Gasteiger partial charge in [-0.1, -0.05) is 0 Å². The fraction of sp³-hybridized carbons (Fsp3) is 0.400. The number of hydrogen-bond donors (Lipinski definition) is 2. The van der Waals surface area contributed by atoms with Gasteiger partial charge in [0.15, 0.2) is 0 Å². The highest BCUT2D eigenvalue weighted by Crippen LogP contribution is 2.27. The molecule has 0 bridgehead atoms. The molecule has 0 spiro atoms. The molecule has 1 atom stereocenters. The van der Waals surface area contributed by atoms with Crippen molar-refractivity contribution >= 4 is 28.3 Å². The largest absolute Gasteiger partial charge is 0.330 e. The molecule has 4 N–H and O–H groups in total. The Morgan fingerprint density at radius 2 is 1.94 bits per heavy atom. The first-order valence-electron chi connectivity index (χ1n) is 4.67. The number of halogens is 4. The van der Waals surface area contributed by atoms with Gasteiger partial charge in [0.2, 0.25) is 0 Å². The van der Waals surface area contributed by atoms with Crippen molar-refractivity contribution in [3.63, 3.8) is 0 Å². The summed E-state index contributed by atoms with van der Waals surface area (Å²) in [7, 11) is 0. The van der Waals surface area contributed by atoms with Gasteiger partial charge in [-0.15, -0.1) is 12.4 Å². The lowest BCUT2D eigenvalue weighted by Crippen LogP contribution is -2.16. The van der Waals surface area contributed by atoms with Crippen LogP contribution in [0.2, 0.25) is 0 Å². The summed E-state index contributed by atoms with van der Waals surface area (Å²) in [4.78, 5) is 0. The Labute approximate surface area is 108 Å². The molecule has 1 aromatic carbocycles. The molecule has 0 heterocycles. The van der Waals surface area contributed by atoms with Crippen LogP contribution in [0, 0.1) is 11.6 Å². The summed E-state index contributed by atoms with van der Waals surface area (Å²) in [6.45, 7) is 0.463. The Morgan fingerprint density at radius 3 is 2.50 bits per heavy atom. The molecule has 0 aliphatic carbocycles. The van der Waals surface area contributed by atoms with Crippen LogP contribution in [0.25, 0.3) is 0 Å². The molecule has 6 heteroatoms. The first kappa shape index (κ1) is 15.8. The second kappa shape index (κ2) is 7.17. The fourth-order valence-corrected chi connectivity index (χ4v) is 1.71. The van der Waals surface area contributed by atoms with Gasteiger partial charge in [-0.05, 0) is 47.4 Å². The van der Waals surface area contributed by atoms with Gasteiger partial charge in [0.25, 0.3) is 0 Å². The molecule has 0 amide bonds. The Balaban J connectivity index is 0.00000225. The minimum absolute atomic E-state index is 0. The number of benzene rings is 1. The van der Waals surface area contributed by atoms with E-state index >= 15 is 0 Å². The van der Waals surface area contributed by atoms with E-state index in [9.17, 15) is 8.78 Å². The molecule has 16 heavy (non-hydrogen) atoms. The molecule has 1 rings (SSSR count). The van der Waals surface area contributed by atoms with Gasteiger partial charge in [0.1, 0.15) is 11.6 Å². The van der Waals surface area contributed by atoms with Crippen molar-refractivity contribution in [1.82, 2.24) is 0 Å². The van der Waals surface area contributed by atoms with Crippen LogP contribution in [0.15, 0.2) is 16.6 Å². The van der Waals surface area contributed by atoms with E-state index in [4.69, 9.17) is 11.5 Å². The molecule has 0 radical (unpaired) electrons. The van der Waals surface area contributed by atoms with Gasteiger partial charge in [0.05, 0.1) is 4.47 Å². The average molecular weight is 316 g/mol. The van der Waals surface area contributed by atoms with E-state index in [2.05, 4.69) is 15.9 Å². The van der Waals surface area contributed by atoms with Crippen molar-refractivity contribution < 1.29 is 8.78 Å². The monoisotopic (exact) mass is 314 g/mol. The number of rotatable bonds is 4. The molecule has 0 saturated carbocycles. The van der Waals surface area contributed by atoms with Crippen molar-refractivity contribution in [3.05, 3.63) is 33.8 Å². The molecular formula is C10H14BrClF2N2. The van der Waals surface area contributed by atoms with Crippen LogP contribution < -0.4 is 11.5 Å². The third-order valence-electron chi connectivity index (χ3n) is 2.17. The Morgan fingerprint density at radius 1 is 1.31 bits per heavy atom. The normalized spacial score (nSPS) is 12.1. The lowest BCUT2D eigenvalue weighted by molar-refractivity contribution is 0.503. The first-order chi connectivity index (χ1) is 7.07. The highest BCUT2D eigenvalue weighted by molar-refractivity contribution is 9.10. The molecular weight excluding hydrogens is 301 g/mol. The summed E-state index contributed by atoms with van der Waals surface area (Å²) in [5.41, 5.74) is 10.9. The van der Waals surface area contributed by atoms with Crippen LogP contribution in [0.5, 0.6) is 0 Å². The van der Waals surface area contributed by atoms with Gasteiger partial charge in [-0.2, -0.15) is 0 Å². The van der Waals surface area contributed by atoms with Gasteiger partial charge in [-0.3, -0.25) is 0 Å². The maximum atomic E-state index is 13.5. The van der Waals surface area contributed by atoms with Crippen molar-refractivity contribution in [1.29, 1.82) is 0 Å². The average Bonchev–Trinajstić information content (AvgIpc) is 2.21. The third kappa shape index (κ3) is 3.66. The van der Waals surface area contributed by atoms with Gasteiger partial charge >= 0.3 is 0 Å². The molecule has 1 aromatic rings. The van der Waals surface area contributed by atoms with E-state index in [-0.39, 0.29) is 22.4 Å². The Kier molecular flexibility index (Phi) is 7.06. The topological polar surface area (TPSA) is 52.0 Å². The molecule has 0 fully saturated rings. The third-order valence-corrected chi connectivity index (χ3v) is 2.78. The predicted octanol–water partition coefficient (Wildman–Crippen LogP) is 2.89. The molecule has 92 valence electrons. The van der Waals surface area contributed by atoms with Crippen LogP contribution in [-0.4, -0.2) is 6.54 Å². The lowest BCUT2D eigenvalue weighted by Gasteiger charge is -2.14. The SMILES string of the molecule is Cl.NCCC[C@@H](N)c1c(F)ccc(Br)c1F. The highest BCUT2D eigenvalue weighted by atomic mass is 79.9. The van der Waals surface area contributed by atoms with Crippen molar-refractivity contribution in [2.45, 2.75) is 18.9 Å². The van der Waals surface area contributed by atoms with Crippen LogP contribution in [0.1, 0.15) is 24.4 Å². The zero-order valence-corrected chi connectivity index (χ0v) is 11.0. The molecule has 0 unspecified atom stereocenters. The van der Waals surface area contributed by atoms with Gasteiger partial charge in [0, 0.05) is 11.6 Å². The Bertz CT molecular complexity index is 350. The van der Waals surface area contributed by atoms with Crippen LogP contribution in [0.4, 0.5) is 8.78 Å². The number of hydrogen-bond acceptors (Lipinski definition) is 2. The molecule has 2 nitrogen and oxygen atoms in total. The van der Waals surface area contributed by atoms with Crippen LogP contribution in [0.3, 0.4) is 0 Å². The zero-order chi connectivity index (χ0) is 11.4. The van der Waals surface area contributed by atoms with E-state index in [1.54, 1.807) is 0 Å². The second-order valence-corrected chi connectivity index (χ2v) is 4.15. The minimum atomic E-state index is -0.647. The standard InChI is InChI=1S/C10H13BrF2N2.ClH/c11-6-3-4-7(12)9(10(6)13)8(15)2-1-5-14;/h3-4,8H,1-2,5,14-15H2;1H/t8-;/m1./s1. The summed E-state index contributed by atoms with van der Waals surface area (Å²) in [5.74, 6) is -1.24. The quantitative estimate of drug-likeness (QED) is 0.839. The fourth-order valence-electron chi connectivity index (χ4n) is 1.36. The van der Waals surface area contributed by atoms with Crippen LogP contribution >= 0.6 is 28.3 Å². The molecule has 0 saturated heterocycles. The summed E-state index contributed by atoms with van der Waals surface area (Å²) >= 11 is 2.99. The van der Waals surface area contributed by atoms with Crippen molar-refractivity contribution in [2.75, 3.05) is 6.54 Å². The summed E-state index contributed by atoms with van der Waals surface area (Å²) in [5, 5.41) is 0. The van der Waals surface area contributed by atoms with E-state index in [0.29, 0.717) is 19.4 Å². The molecule has 0 aromatic heterocycles. The minimum Gasteiger partial charge on any atom is -0.330 e. The van der Waals surface area contributed by atoms with E-state index in [0.717, 1.165) is 0 Å². The zero-order valence-electron chi connectivity index (χ0n) is 8.55. The van der Waals surface area contributed by atoms with Gasteiger partial charge in [-0.25, -0.2) is 8.78 Å². The van der Waals surface area contributed by atoms with E-state index in [1.165, 1.54) is 12.1 Å². The maximum Gasteiger partial charge on any atom is 0.145 e. The summed E-state index contributed by atoms with van der Waals surface area (Å²) in [6.07, 6.45) is 1.12. The smallest absolute Gasteiger partial charge is 0.145 e. The Hall–Kier alpha value is -0.230. The summed E-state index contributed by atoms with van der Waals surface area (Å²) < 4.78 is 27.1. The number of nitrogens with two attached hydrogens (primary N) is 2. The maximum absolute atomic E-state index is 13.5. The molecule has 0 aliphatic heterocycles. The van der Waals surface area contributed by atoms with Crippen molar-refractivity contribution in [3.8, 4) is 0 Å². The summed E-state index contributed by atoms with van der Waals surface area (Å²) in [6, 6.07) is 1.88.